The largest absolute Gasteiger partial charge is 0.357 e. The van der Waals surface area contributed by atoms with E-state index in [0.717, 1.165) is 35.5 Å². The van der Waals surface area contributed by atoms with Crippen LogP contribution in [0, 0.1) is 5.92 Å². The summed E-state index contributed by atoms with van der Waals surface area (Å²) in [5.74, 6) is 0.639. The quantitative estimate of drug-likeness (QED) is 0.552. The van der Waals surface area contributed by atoms with Crippen LogP contribution >= 0.6 is 11.3 Å². The molecule has 9 heteroatoms. The maximum absolute atomic E-state index is 13.3. The molecule has 1 aliphatic carbocycles. The molecule has 3 aromatic heterocycles. The molecule has 2 aliphatic rings. The highest BCUT2D eigenvalue weighted by Crippen LogP contribution is 2.33. The molecule has 1 aliphatic heterocycles. The van der Waals surface area contributed by atoms with E-state index in [-0.39, 0.29) is 11.8 Å². The maximum atomic E-state index is 13.3. The van der Waals surface area contributed by atoms with Crippen molar-refractivity contribution in [2.24, 2.45) is 13.0 Å². The molecular weight excluding hydrogens is 424 g/mol. The molecule has 8 nitrogen and oxygen atoms in total. The Kier molecular flexibility index (Phi) is 5.58. The van der Waals surface area contributed by atoms with Crippen molar-refractivity contribution in [3.05, 3.63) is 57.6 Å². The third-order valence-corrected chi connectivity index (χ3v) is 6.93. The molecular formula is C23H28N6O2S. The average Bonchev–Trinajstić information content (AvgIpc) is 3.12. The van der Waals surface area contributed by atoms with Gasteiger partial charge in [0, 0.05) is 69.2 Å². The van der Waals surface area contributed by atoms with Gasteiger partial charge in [-0.15, -0.1) is 11.3 Å². The van der Waals surface area contributed by atoms with Crippen LogP contribution in [0.15, 0.2) is 29.4 Å². The molecule has 0 atom stereocenters. The minimum absolute atomic E-state index is 0.0889. The molecule has 1 saturated carbocycles. The fourth-order valence-electron chi connectivity index (χ4n) is 4.33. The number of rotatable bonds is 7. The number of hydrogen-bond acceptors (Lipinski definition) is 5. The van der Waals surface area contributed by atoms with Crippen molar-refractivity contribution in [3.8, 4) is 0 Å². The summed E-state index contributed by atoms with van der Waals surface area (Å²) in [6, 6.07) is 1.98. The Hall–Kier alpha value is -2.94. The van der Waals surface area contributed by atoms with Gasteiger partial charge in [-0.25, -0.2) is 4.98 Å². The lowest BCUT2D eigenvalue weighted by Crippen LogP contribution is -2.38. The number of aryl methyl sites for hydroxylation is 1. The summed E-state index contributed by atoms with van der Waals surface area (Å²) in [6.07, 6.45) is 7.49. The third-order valence-electron chi connectivity index (χ3n) is 6.30. The van der Waals surface area contributed by atoms with Crippen LogP contribution in [0.4, 0.5) is 0 Å². The standard InChI is InChI=1S/C23H28N6O2S/c1-26-7-5-17(10-26)9-21(30)28-8-6-20-19(13-28)22(25-29(20)11-16-3-4-16)23(31)27(2)12-18-14-32-15-24-18/h5,7,10,14-16H,3-4,6,8-9,11-13H2,1-2H3. The molecule has 3 aromatic rings. The maximum Gasteiger partial charge on any atom is 0.274 e. The first kappa shape index (κ1) is 20.9. The van der Waals surface area contributed by atoms with Crippen LogP contribution in [0.1, 0.15) is 45.8 Å². The molecule has 0 saturated heterocycles. The molecule has 0 radical (unpaired) electrons. The molecule has 168 valence electrons. The normalized spacial score (nSPS) is 15.6. The average molecular weight is 453 g/mol. The van der Waals surface area contributed by atoms with Gasteiger partial charge in [0.05, 0.1) is 24.2 Å². The Morgan fingerprint density at radius 2 is 2.16 bits per heavy atom. The lowest BCUT2D eigenvalue weighted by atomic mass is 10.0. The summed E-state index contributed by atoms with van der Waals surface area (Å²) in [5, 5.41) is 6.72. The summed E-state index contributed by atoms with van der Waals surface area (Å²) in [7, 11) is 3.74. The molecule has 0 spiro atoms. The van der Waals surface area contributed by atoms with Gasteiger partial charge >= 0.3 is 0 Å². The van der Waals surface area contributed by atoms with Gasteiger partial charge in [0.25, 0.3) is 5.91 Å². The van der Waals surface area contributed by atoms with Gasteiger partial charge < -0.3 is 14.4 Å². The number of amides is 2. The van der Waals surface area contributed by atoms with Gasteiger partial charge in [0.2, 0.25) is 5.91 Å². The van der Waals surface area contributed by atoms with Gasteiger partial charge in [0.15, 0.2) is 5.69 Å². The van der Waals surface area contributed by atoms with E-state index in [1.54, 1.807) is 17.5 Å². The third kappa shape index (κ3) is 4.34. The van der Waals surface area contributed by atoms with Crippen molar-refractivity contribution in [1.82, 2.24) is 29.1 Å². The smallest absolute Gasteiger partial charge is 0.274 e. The van der Waals surface area contributed by atoms with E-state index in [1.807, 2.05) is 45.0 Å². The zero-order valence-electron chi connectivity index (χ0n) is 18.5. The van der Waals surface area contributed by atoms with Gasteiger partial charge in [-0.3, -0.25) is 14.3 Å². The van der Waals surface area contributed by atoms with Crippen molar-refractivity contribution in [2.75, 3.05) is 13.6 Å². The van der Waals surface area contributed by atoms with Crippen LogP contribution < -0.4 is 0 Å². The second-order valence-corrected chi connectivity index (χ2v) is 9.69. The van der Waals surface area contributed by atoms with E-state index >= 15 is 0 Å². The predicted molar refractivity (Wildman–Crippen MR) is 121 cm³/mol. The first-order valence-corrected chi connectivity index (χ1v) is 12.0. The Morgan fingerprint density at radius 3 is 2.84 bits per heavy atom. The highest BCUT2D eigenvalue weighted by molar-refractivity contribution is 7.07. The van der Waals surface area contributed by atoms with Crippen LogP contribution in [0.25, 0.3) is 0 Å². The van der Waals surface area contributed by atoms with Crippen molar-refractivity contribution in [1.29, 1.82) is 0 Å². The first-order chi connectivity index (χ1) is 15.5. The van der Waals surface area contributed by atoms with E-state index in [1.165, 1.54) is 24.2 Å². The highest BCUT2D eigenvalue weighted by atomic mass is 32.1. The van der Waals surface area contributed by atoms with E-state index < -0.39 is 0 Å². The molecule has 32 heavy (non-hydrogen) atoms. The van der Waals surface area contributed by atoms with Crippen molar-refractivity contribution >= 4 is 23.2 Å². The van der Waals surface area contributed by atoms with Gasteiger partial charge in [-0.05, 0) is 30.4 Å². The molecule has 2 amide bonds. The monoisotopic (exact) mass is 452 g/mol. The van der Waals surface area contributed by atoms with Crippen molar-refractivity contribution < 1.29 is 9.59 Å². The van der Waals surface area contributed by atoms with Gasteiger partial charge in [-0.2, -0.15) is 5.10 Å². The summed E-state index contributed by atoms with van der Waals surface area (Å²) < 4.78 is 3.99. The number of carbonyl (C=O) groups is 2. The lowest BCUT2D eigenvalue weighted by Gasteiger charge is -2.28. The summed E-state index contributed by atoms with van der Waals surface area (Å²) in [5.41, 5.74) is 6.16. The number of aromatic nitrogens is 4. The van der Waals surface area contributed by atoms with Crippen molar-refractivity contribution in [2.45, 2.75) is 45.3 Å². The lowest BCUT2D eigenvalue weighted by molar-refractivity contribution is -0.131. The Labute approximate surface area is 191 Å². The zero-order chi connectivity index (χ0) is 22.2. The van der Waals surface area contributed by atoms with Crippen LogP contribution in [-0.2, 0) is 44.3 Å². The topological polar surface area (TPSA) is 76.3 Å². The number of fused-ring (bicyclic) bond motifs is 1. The fraction of sp³-hybridized carbons (Fsp3) is 0.478. The summed E-state index contributed by atoms with van der Waals surface area (Å²) in [4.78, 5) is 34.2. The van der Waals surface area contributed by atoms with E-state index in [2.05, 4.69) is 4.98 Å². The molecule has 4 heterocycles. The molecule has 1 fully saturated rings. The van der Waals surface area contributed by atoms with E-state index in [9.17, 15) is 9.59 Å². The van der Waals surface area contributed by atoms with E-state index in [0.29, 0.717) is 37.7 Å². The number of hydrogen-bond donors (Lipinski definition) is 0. The Morgan fingerprint density at radius 1 is 1.31 bits per heavy atom. The summed E-state index contributed by atoms with van der Waals surface area (Å²) in [6.45, 7) is 2.42. The molecule has 5 rings (SSSR count). The number of nitrogens with zero attached hydrogens (tertiary/aromatic N) is 6. The van der Waals surface area contributed by atoms with Crippen molar-refractivity contribution in [3.63, 3.8) is 0 Å². The van der Waals surface area contributed by atoms with Crippen LogP contribution in [0.5, 0.6) is 0 Å². The van der Waals surface area contributed by atoms with Crippen LogP contribution in [-0.4, -0.2) is 54.5 Å². The molecule has 0 unspecified atom stereocenters. The predicted octanol–water partition coefficient (Wildman–Crippen LogP) is 2.49. The van der Waals surface area contributed by atoms with Crippen LogP contribution in [0.2, 0.25) is 0 Å². The number of thiazole rings is 1. The van der Waals surface area contributed by atoms with E-state index in [4.69, 9.17) is 5.10 Å². The van der Waals surface area contributed by atoms with Gasteiger partial charge in [0.1, 0.15) is 0 Å². The second kappa shape index (κ2) is 8.54. The van der Waals surface area contributed by atoms with Crippen LogP contribution in [0.3, 0.4) is 0 Å². The minimum Gasteiger partial charge on any atom is -0.357 e. The SMILES string of the molecule is CN(Cc1cscn1)C(=O)c1nn(CC2CC2)c2c1CN(C(=O)Cc1ccn(C)c1)CC2. The molecule has 0 aromatic carbocycles. The second-order valence-electron chi connectivity index (χ2n) is 8.97. The Bertz CT molecular complexity index is 1130. The Balaban J connectivity index is 1.37. The van der Waals surface area contributed by atoms with Gasteiger partial charge in [-0.1, -0.05) is 0 Å². The first-order valence-electron chi connectivity index (χ1n) is 11.1. The zero-order valence-corrected chi connectivity index (χ0v) is 19.3. The molecule has 0 N–H and O–H groups in total. The fourth-order valence-corrected chi connectivity index (χ4v) is 4.88. The number of carbonyl (C=O) groups excluding carboxylic acids is 2. The summed E-state index contributed by atoms with van der Waals surface area (Å²) >= 11 is 1.52. The highest BCUT2D eigenvalue weighted by Gasteiger charge is 2.33. The minimum atomic E-state index is -0.110. The molecule has 0 bridgehead atoms.